The van der Waals surface area contributed by atoms with Crippen LogP contribution < -0.4 is 32.5 Å². The van der Waals surface area contributed by atoms with Gasteiger partial charge in [-0.3, -0.25) is 10.1 Å². The van der Waals surface area contributed by atoms with E-state index >= 15 is 0 Å². The normalized spacial score (nSPS) is 11.6. The van der Waals surface area contributed by atoms with E-state index in [0.29, 0.717) is 29.6 Å². The van der Waals surface area contributed by atoms with Crippen LogP contribution in [-0.2, 0) is 0 Å². The molecule has 0 atom stereocenters. The SMILES string of the molecule is COc1c(NCCN)cc(C(=O)Nc2nnc(N=C(C)C=CN)s2)oc1=O. The van der Waals surface area contributed by atoms with Crippen LogP contribution in [0.15, 0.2) is 32.5 Å². The molecule has 2 heterocycles. The third-order valence-corrected chi connectivity index (χ3v) is 3.77. The fraction of sp³-hybridized carbons (Fsp3) is 0.267. The number of nitrogens with zero attached hydrogens (tertiary/aromatic N) is 3. The van der Waals surface area contributed by atoms with Gasteiger partial charge in [0.05, 0.1) is 12.8 Å². The maximum atomic E-state index is 12.4. The lowest BCUT2D eigenvalue weighted by atomic mass is 10.3. The minimum atomic E-state index is -0.795. The highest BCUT2D eigenvalue weighted by atomic mass is 32.1. The van der Waals surface area contributed by atoms with Gasteiger partial charge < -0.3 is 25.9 Å². The van der Waals surface area contributed by atoms with Crippen LogP contribution >= 0.6 is 11.3 Å². The molecule has 2 aromatic rings. The van der Waals surface area contributed by atoms with E-state index in [1.807, 2.05) is 0 Å². The summed E-state index contributed by atoms with van der Waals surface area (Å²) in [6.45, 7) is 2.46. The van der Waals surface area contributed by atoms with Crippen LogP contribution in [0.4, 0.5) is 16.0 Å². The summed E-state index contributed by atoms with van der Waals surface area (Å²) in [4.78, 5) is 28.5. The summed E-state index contributed by atoms with van der Waals surface area (Å²) in [5, 5.41) is 13.6. The number of ether oxygens (including phenoxy) is 1. The van der Waals surface area contributed by atoms with Crippen LogP contribution in [0.25, 0.3) is 0 Å². The molecule has 0 aliphatic carbocycles. The summed E-state index contributed by atoms with van der Waals surface area (Å²) in [7, 11) is 1.32. The minimum Gasteiger partial charge on any atom is -0.488 e. The first-order valence-electron chi connectivity index (χ1n) is 7.73. The number of carbonyl (C=O) groups is 1. The maximum absolute atomic E-state index is 12.4. The molecule has 6 N–H and O–H groups in total. The number of anilines is 2. The molecule has 0 spiro atoms. The van der Waals surface area contributed by atoms with Gasteiger partial charge in [-0.25, -0.2) is 9.79 Å². The molecule has 2 aromatic heterocycles. The predicted molar refractivity (Wildman–Crippen MR) is 103 cm³/mol. The molecule has 0 saturated heterocycles. The van der Waals surface area contributed by atoms with Crippen LogP contribution in [0, 0.1) is 0 Å². The molecular formula is C15H19N7O4S. The number of methoxy groups -OCH3 is 1. The monoisotopic (exact) mass is 393 g/mol. The zero-order valence-corrected chi connectivity index (χ0v) is 15.5. The predicted octanol–water partition coefficient (Wildman–Crippen LogP) is 0.688. The lowest BCUT2D eigenvalue weighted by Crippen LogP contribution is -2.19. The van der Waals surface area contributed by atoms with Gasteiger partial charge >= 0.3 is 5.63 Å². The highest BCUT2D eigenvalue weighted by molar-refractivity contribution is 7.18. The van der Waals surface area contributed by atoms with Crippen molar-refractivity contribution in [2.75, 3.05) is 30.8 Å². The Labute approximate surface area is 158 Å². The van der Waals surface area contributed by atoms with E-state index in [0.717, 1.165) is 11.3 Å². The molecule has 0 bridgehead atoms. The first-order chi connectivity index (χ1) is 13.0. The van der Waals surface area contributed by atoms with Crippen molar-refractivity contribution in [3.8, 4) is 5.75 Å². The molecule has 0 radical (unpaired) electrons. The second kappa shape index (κ2) is 9.45. The van der Waals surface area contributed by atoms with Gasteiger partial charge in [0.15, 0.2) is 5.76 Å². The van der Waals surface area contributed by atoms with Crippen molar-refractivity contribution in [2.45, 2.75) is 6.92 Å². The molecule has 0 saturated carbocycles. The van der Waals surface area contributed by atoms with Gasteiger partial charge in [-0.2, -0.15) is 0 Å². The third-order valence-electron chi connectivity index (χ3n) is 3.04. The smallest absolute Gasteiger partial charge is 0.381 e. The molecule has 2 rings (SSSR count). The number of hydrogen-bond acceptors (Lipinski definition) is 11. The molecule has 12 heteroatoms. The first-order valence-corrected chi connectivity index (χ1v) is 8.54. The molecule has 0 fully saturated rings. The van der Waals surface area contributed by atoms with Gasteiger partial charge in [-0.1, -0.05) is 11.3 Å². The van der Waals surface area contributed by atoms with E-state index in [-0.39, 0.29) is 16.6 Å². The summed E-state index contributed by atoms with van der Waals surface area (Å²) < 4.78 is 9.99. The molecule has 11 nitrogen and oxygen atoms in total. The minimum absolute atomic E-state index is 0.0454. The first kappa shape index (κ1) is 20.1. The second-order valence-electron chi connectivity index (χ2n) is 5.02. The molecule has 0 aromatic carbocycles. The third kappa shape index (κ3) is 5.36. The van der Waals surface area contributed by atoms with Crippen molar-refractivity contribution >= 4 is 38.9 Å². The number of hydrogen-bond donors (Lipinski definition) is 4. The molecular weight excluding hydrogens is 374 g/mol. The van der Waals surface area contributed by atoms with Crippen LogP contribution in [0.3, 0.4) is 0 Å². The molecule has 27 heavy (non-hydrogen) atoms. The van der Waals surface area contributed by atoms with Crippen molar-refractivity contribution in [3.63, 3.8) is 0 Å². The molecule has 1 amide bonds. The van der Waals surface area contributed by atoms with Crippen molar-refractivity contribution in [2.24, 2.45) is 16.5 Å². The van der Waals surface area contributed by atoms with E-state index in [1.54, 1.807) is 13.0 Å². The summed E-state index contributed by atoms with van der Waals surface area (Å²) in [5.41, 5.74) is 10.9. The van der Waals surface area contributed by atoms with Gasteiger partial charge in [0.1, 0.15) is 0 Å². The molecule has 144 valence electrons. The lowest BCUT2D eigenvalue weighted by Gasteiger charge is -2.10. The van der Waals surface area contributed by atoms with Crippen molar-refractivity contribution < 1.29 is 13.9 Å². The largest absolute Gasteiger partial charge is 0.488 e. The number of aromatic nitrogens is 2. The summed E-state index contributed by atoms with van der Waals surface area (Å²) in [6, 6.07) is 1.35. The number of amides is 1. The lowest BCUT2D eigenvalue weighted by molar-refractivity contribution is 0.0991. The summed E-state index contributed by atoms with van der Waals surface area (Å²) >= 11 is 1.05. The van der Waals surface area contributed by atoms with Crippen LogP contribution in [0.2, 0.25) is 0 Å². The molecule has 0 aliphatic heterocycles. The van der Waals surface area contributed by atoms with E-state index in [2.05, 4.69) is 25.8 Å². The Kier molecular flexibility index (Phi) is 7.02. The average Bonchev–Trinajstić information content (AvgIpc) is 3.06. The van der Waals surface area contributed by atoms with E-state index in [9.17, 15) is 9.59 Å². The van der Waals surface area contributed by atoms with E-state index in [1.165, 1.54) is 19.4 Å². The zero-order chi connectivity index (χ0) is 19.8. The van der Waals surface area contributed by atoms with Crippen molar-refractivity contribution in [3.05, 3.63) is 34.5 Å². The van der Waals surface area contributed by atoms with Gasteiger partial charge in [-0.05, 0) is 19.2 Å². The highest BCUT2D eigenvalue weighted by Crippen LogP contribution is 2.25. The Morgan fingerprint density at radius 3 is 2.93 bits per heavy atom. The number of nitrogens with one attached hydrogen (secondary N) is 2. The Hall–Kier alpha value is -3.25. The number of nitrogens with two attached hydrogens (primary N) is 2. The van der Waals surface area contributed by atoms with Crippen LogP contribution in [0.1, 0.15) is 17.5 Å². The Morgan fingerprint density at radius 1 is 1.48 bits per heavy atom. The standard InChI is InChI=1S/C15H19N7O4S/c1-8(3-4-16)19-14-21-22-15(27-14)20-12(23)10-7-9(18-6-5-17)11(25-2)13(24)26-10/h3-4,7,18H,5-6,16-17H2,1-2H3,(H,20,22,23). The molecule has 0 unspecified atom stereocenters. The quantitative estimate of drug-likeness (QED) is 0.471. The zero-order valence-electron chi connectivity index (χ0n) is 14.7. The number of aliphatic imine (C=N–C) groups is 1. The fourth-order valence-electron chi connectivity index (χ4n) is 1.92. The number of rotatable bonds is 8. The van der Waals surface area contributed by atoms with Crippen LogP contribution in [-0.4, -0.2) is 42.0 Å². The number of carbonyl (C=O) groups excluding carboxylic acids is 1. The summed E-state index contributed by atoms with van der Waals surface area (Å²) in [6.07, 6.45) is 2.95. The Bertz CT molecular complexity index is 919. The Balaban J connectivity index is 2.21. The molecule has 0 aliphatic rings. The highest BCUT2D eigenvalue weighted by Gasteiger charge is 2.18. The topological polar surface area (TPSA) is 171 Å². The van der Waals surface area contributed by atoms with Gasteiger partial charge in [-0.15, -0.1) is 10.2 Å². The van der Waals surface area contributed by atoms with Gasteiger partial charge in [0, 0.05) is 24.9 Å². The van der Waals surface area contributed by atoms with Gasteiger partial charge in [0.25, 0.3) is 5.91 Å². The van der Waals surface area contributed by atoms with Crippen LogP contribution in [0.5, 0.6) is 5.75 Å². The van der Waals surface area contributed by atoms with Gasteiger partial charge in [0.2, 0.25) is 16.0 Å². The van der Waals surface area contributed by atoms with Crippen molar-refractivity contribution in [1.29, 1.82) is 0 Å². The van der Waals surface area contributed by atoms with E-state index < -0.39 is 11.5 Å². The number of allylic oxidation sites excluding steroid dienone is 1. The van der Waals surface area contributed by atoms with Crippen molar-refractivity contribution in [1.82, 2.24) is 10.2 Å². The second-order valence-corrected chi connectivity index (χ2v) is 5.97. The average molecular weight is 393 g/mol. The summed E-state index contributed by atoms with van der Waals surface area (Å²) in [5.74, 6) is -0.936. The fourth-order valence-corrected chi connectivity index (χ4v) is 2.59. The Morgan fingerprint density at radius 2 is 2.26 bits per heavy atom. The maximum Gasteiger partial charge on any atom is 0.381 e. The van der Waals surface area contributed by atoms with E-state index in [4.69, 9.17) is 20.6 Å².